The second-order valence-electron chi connectivity index (χ2n) is 12.9. The van der Waals surface area contributed by atoms with Crippen molar-refractivity contribution >= 4 is 47.5 Å². The fourth-order valence-electron chi connectivity index (χ4n) is 6.32. The zero-order chi connectivity index (χ0) is 34.1. The summed E-state index contributed by atoms with van der Waals surface area (Å²) in [5, 5.41) is 4.80. The molecule has 4 aromatic rings. The highest BCUT2D eigenvalue weighted by Gasteiger charge is 2.50. The fourth-order valence-corrected chi connectivity index (χ4v) is 11.7. The van der Waals surface area contributed by atoms with E-state index in [4.69, 9.17) is 13.9 Å². The lowest BCUT2D eigenvalue weighted by Crippen LogP contribution is -2.66. The van der Waals surface area contributed by atoms with Crippen molar-refractivity contribution in [3.05, 3.63) is 119 Å². The van der Waals surface area contributed by atoms with Crippen LogP contribution >= 0.6 is 11.8 Å². The second-order valence-corrected chi connectivity index (χ2v) is 18.4. The molecule has 1 N–H and O–H groups in total. The average Bonchev–Trinajstić information content (AvgIpc) is 3.48. The molecule has 11 heteroatoms. The normalized spacial score (nSPS) is 18.0. The molecule has 1 saturated heterocycles. The Morgan fingerprint density at radius 3 is 2.12 bits per heavy atom. The predicted octanol–water partition coefficient (Wildman–Crippen LogP) is 6.14. The highest BCUT2D eigenvalue weighted by Crippen LogP contribution is 2.39. The highest BCUT2D eigenvalue weighted by molar-refractivity contribution is 8.13. The van der Waals surface area contributed by atoms with Crippen molar-refractivity contribution in [3.8, 4) is 0 Å². The van der Waals surface area contributed by atoms with E-state index in [1.807, 2.05) is 42.5 Å². The number of ether oxygens (including phenoxy) is 2. The van der Waals surface area contributed by atoms with Crippen LogP contribution in [-0.4, -0.2) is 47.5 Å². The Labute approximate surface area is 287 Å². The lowest BCUT2D eigenvalue weighted by Gasteiger charge is -2.43. The molecular weight excluding hydrogens is 643 g/mol. The van der Waals surface area contributed by atoms with E-state index in [0.717, 1.165) is 5.56 Å². The summed E-state index contributed by atoms with van der Waals surface area (Å²) in [6, 6.07) is 31.8. The van der Waals surface area contributed by atoms with Crippen molar-refractivity contribution in [3.63, 3.8) is 0 Å². The maximum absolute atomic E-state index is 13.1. The standard InChI is InChI=1S/C37H43N3O6SSi/c1-27(41)47-26-29-24-34(40-22-20-33(38-35(40)42)39-36(43)44-25-28-14-8-5-9-15-28)46-32(29)21-23-45-48(37(2,3)4,30-16-10-6-11-17-30)31-18-12-7-13-19-31/h5-20,22,29,32,34H,21,23-26H2,1-4H3,(H,38,39,42,43)/t29-,32-,34-/m1/s1. The minimum absolute atomic E-state index is 0.0179. The van der Waals surface area contributed by atoms with Crippen LogP contribution in [0.2, 0.25) is 5.04 Å². The van der Waals surface area contributed by atoms with Gasteiger partial charge in [-0.1, -0.05) is 124 Å². The van der Waals surface area contributed by atoms with Gasteiger partial charge in [0.2, 0.25) is 0 Å². The van der Waals surface area contributed by atoms with E-state index in [1.54, 1.807) is 19.2 Å². The minimum atomic E-state index is -2.74. The molecule has 1 aliphatic rings. The summed E-state index contributed by atoms with van der Waals surface area (Å²) < 4.78 is 20.3. The molecular formula is C37H43N3O6SSi. The highest BCUT2D eigenvalue weighted by atomic mass is 32.2. The predicted molar refractivity (Wildman–Crippen MR) is 192 cm³/mol. The summed E-state index contributed by atoms with van der Waals surface area (Å²) in [5.41, 5.74) is 0.293. The zero-order valence-corrected chi connectivity index (χ0v) is 29.7. The van der Waals surface area contributed by atoms with Crippen molar-refractivity contribution in [1.82, 2.24) is 9.55 Å². The van der Waals surface area contributed by atoms with Crippen molar-refractivity contribution < 1.29 is 23.5 Å². The number of anilines is 1. The smallest absolute Gasteiger partial charge is 0.413 e. The van der Waals surface area contributed by atoms with Gasteiger partial charge in [-0.05, 0) is 45.8 Å². The van der Waals surface area contributed by atoms with Crippen LogP contribution in [-0.2, 0) is 25.3 Å². The Balaban J connectivity index is 1.29. The summed E-state index contributed by atoms with van der Waals surface area (Å²) in [7, 11) is -2.74. The van der Waals surface area contributed by atoms with Gasteiger partial charge < -0.3 is 13.9 Å². The minimum Gasteiger partial charge on any atom is -0.444 e. The van der Waals surface area contributed by atoms with E-state index >= 15 is 0 Å². The van der Waals surface area contributed by atoms with Crippen LogP contribution in [0.5, 0.6) is 0 Å². The van der Waals surface area contributed by atoms with Gasteiger partial charge in [-0.2, -0.15) is 4.98 Å². The molecule has 5 rings (SSSR count). The summed E-state index contributed by atoms with van der Waals surface area (Å²) in [6.45, 7) is 8.84. The lowest BCUT2D eigenvalue weighted by molar-refractivity contribution is -0.109. The molecule has 0 bridgehead atoms. The first-order chi connectivity index (χ1) is 23.1. The van der Waals surface area contributed by atoms with Crippen LogP contribution in [0.3, 0.4) is 0 Å². The van der Waals surface area contributed by atoms with E-state index in [-0.39, 0.29) is 34.6 Å². The summed E-state index contributed by atoms with van der Waals surface area (Å²) in [6.07, 6.45) is 1.19. The van der Waals surface area contributed by atoms with Crippen LogP contribution in [0.4, 0.5) is 10.6 Å². The molecule has 3 aromatic carbocycles. The molecule has 0 unspecified atom stereocenters. The number of hydrogen-bond donors (Lipinski definition) is 1. The van der Waals surface area contributed by atoms with Crippen molar-refractivity contribution in [1.29, 1.82) is 0 Å². The Hall–Kier alpha value is -4.03. The largest absolute Gasteiger partial charge is 0.444 e. The number of nitrogens with zero attached hydrogens (tertiary/aromatic N) is 2. The van der Waals surface area contributed by atoms with Crippen LogP contribution in [0, 0.1) is 5.92 Å². The number of carbonyl (C=O) groups excluding carboxylic acids is 2. The number of rotatable bonds is 12. The molecule has 0 saturated carbocycles. The summed E-state index contributed by atoms with van der Waals surface area (Å²) >= 11 is 1.27. The van der Waals surface area contributed by atoms with E-state index in [0.29, 0.717) is 25.2 Å². The van der Waals surface area contributed by atoms with Gasteiger partial charge in [-0.15, -0.1) is 0 Å². The number of nitrogens with one attached hydrogen (secondary N) is 1. The molecule has 1 aromatic heterocycles. The number of thioether (sulfide) groups is 1. The van der Waals surface area contributed by atoms with Gasteiger partial charge >= 0.3 is 11.8 Å². The number of hydrogen-bond acceptors (Lipinski definition) is 8. The maximum atomic E-state index is 13.1. The second kappa shape index (κ2) is 15.9. The van der Waals surface area contributed by atoms with Gasteiger partial charge in [0.25, 0.3) is 8.32 Å². The van der Waals surface area contributed by atoms with Crippen LogP contribution in [0.25, 0.3) is 0 Å². The van der Waals surface area contributed by atoms with E-state index in [2.05, 4.69) is 79.6 Å². The fraction of sp³-hybridized carbons (Fsp3) is 0.351. The van der Waals surface area contributed by atoms with Crippen LogP contribution in [0.15, 0.2) is 108 Å². The molecule has 1 aliphatic heterocycles. The molecule has 2 heterocycles. The summed E-state index contributed by atoms with van der Waals surface area (Å²) in [4.78, 5) is 41.4. The monoisotopic (exact) mass is 685 g/mol. The first-order valence-electron chi connectivity index (χ1n) is 16.2. The van der Waals surface area contributed by atoms with Gasteiger partial charge in [0, 0.05) is 25.5 Å². The third-order valence-corrected chi connectivity index (χ3v) is 14.6. The first kappa shape index (κ1) is 35.3. The molecule has 0 spiro atoms. The van der Waals surface area contributed by atoms with E-state index < -0.39 is 26.3 Å². The van der Waals surface area contributed by atoms with Crippen LogP contribution < -0.4 is 21.4 Å². The number of amides is 1. The first-order valence-corrected chi connectivity index (χ1v) is 19.1. The number of benzene rings is 3. The molecule has 1 fully saturated rings. The van der Waals surface area contributed by atoms with Gasteiger partial charge in [-0.25, -0.2) is 9.59 Å². The van der Waals surface area contributed by atoms with Gasteiger partial charge in [0.05, 0.1) is 6.10 Å². The quantitative estimate of drug-likeness (QED) is 0.177. The van der Waals surface area contributed by atoms with Crippen LogP contribution in [0.1, 0.15) is 52.3 Å². The third kappa shape index (κ3) is 8.51. The number of carbonyl (C=O) groups is 2. The zero-order valence-electron chi connectivity index (χ0n) is 27.8. The average molecular weight is 686 g/mol. The molecule has 9 nitrogen and oxygen atoms in total. The molecule has 252 valence electrons. The molecule has 48 heavy (non-hydrogen) atoms. The number of aromatic nitrogens is 2. The Morgan fingerprint density at radius 1 is 0.958 bits per heavy atom. The van der Waals surface area contributed by atoms with Crippen molar-refractivity contribution in [2.75, 3.05) is 17.7 Å². The van der Waals surface area contributed by atoms with E-state index in [1.165, 1.54) is 26.7 Å². The molecule has 1 amide bonds. The molecule has 3 atom stereocenters. The Kier molecular flexibility index (Phi) is 11.7. The Bertz CT molecular complexity index is 1680. The molecule has 0 aliphatic carbocycles. The third-order valence-electron chi connectivity index (χ3n) is 8.58. The van der Waals surface area contributed by atoms with Crippen molar-refractivity contribution in [2.24, 2.45) is 5.92 Å². The Morgan fingerprint density at radius 2 is 1.56 bits per heavy atom. The van der Waals surface area contributed by atoms with E-state index in [9.17, 15) is 14.4 Å². The van der Waals surface area contributed by atoms with Gasteiger partial charge in [0.15, 0.2) is 5.12 Å². The maximum Gasteiger partial charge on any atom is 0.413 e. The van der Waals surface area contributed by atoms with Gasteiger partial charge in [-0.3, -0.25) is 14.7 Å². The SMILES string of the molecule is CC(=O)SC[C@H]1C[C@H](n2ccc(NC(=O)OCc3ccccc3)nc2=O)O[C@@H]1CCO[Si](c1ccccc1)(c1ccccc1)C(C)(C)C. The summed E-state index contributed by atoms with van der Waals surface area (Å²) in [5.74, 6) is 0.681. The lowest BCUT2D eigenvalue weighted by atomic mass is 10.0. The topological polar surface area (TPSA) is 109 Å². The van der Waals surface area contributed by atoms with Gasteiger partial charge in [0.1, 0.15) is 18.7 Å². The molecule has 0 radical (unpaired) electrons. The van der Waals surface area contributed by atoms with Crippen molar-refractivity contribution in [2.45, 2.75) is 64.5 Å².